The van der Waals surface area contributed by atoms with Crippen molar-refractivity contribution in [2.45, 2.75) is 71.0 Å². The molecule has 122 valence electrons. The molecule has 0 unspecified atom stereocenters. The van der Waals surface area contributed by atoms with Gasteiger partial charge in [0.2, 0.25) is 5.91 Å². The van der Waals surface area contributed by atoms with Crippen LogP contribution >= 0.6 is 0 Å². The maximum Gasteiger partial charge on any atom is 0.224 e. The number of nitrogens with one attached hydrogen (secondary N) is 1. The topological polar surface area (TPSA) is 32.3 Å². The van der Waals surface area contributed by atoms with Crippen LogP contribution in [0.25, 0.3) is 0 Å². The number of carbonyl (C=O) groups excluding carboxylic acids is 1. The number of benzene rings is 1. The molecular weight excluding hydrogens is 272 g/mol. The lowest BCUT2D eigenvalue weighted by molar-refractivity contribution is -0.133. The highest BCUT2D eigenvalue weighted by Gasteiger charge is 2.18. The van der Waals surface area contributed by atoms with E-state index in [0.717, 1.165) is 6.54 Å². The van der Waals surface area contributed by atoms with E-state index in [1.807, 2.05) is 23.1 Å². The van der Waals surface area contributed by atoms with E-state index < -0.39 is 0 Å². The van der Waals surface area contributed by atoms with Crippen molar-refractivity contribution >= 4 is 5.91 Å². The summed E-state index contributed by atoms with van der Waals surface area (Å²) in [5, 5.41) is 3.56. The number of rotatable bonds is 7. The van der Waals surface area contributed by atoms with Crippen LogP contribution in [0, 0.1) is 0 Å². The molecule has 0 heterocycles. The fourth-order valence-corrected chi connectivity index (χ4v) is 3.17. The minimum atomic E-state index is 0.238. The molecule has 1 saturated carbocycles. The summed E-state index contributed by atoms with van der Waals surface area (Å²) >= 11 is 0. The maximum atomic E-state index is 12.5. The van der Waals surface area contributed by atoms with Gasteiger partial charge in [-0.15, -0.1) is 0 Å². The lowest BCUT2D eigenvalue weighted by Gasteiger charge is -2.28. The molecule has 1 amide bonds. The molecule has 3 heteroatoms. The average Bonchev–Trinajstić information content (AvgIpc) is 2.54. The second-order valence-electron chi connectivity index (χ2n) is 6.64. The highest BCUT2D eigenvalue weighted by Crippen LogP contribution is 2.17. The second-order valence-corrected chi connectivity index (χ2v) is 6.64. The summed E-state index contributed by atoms with van der Waals surface area (Å²) in [5.74, 6) is 0.252. The summed E-state index contributed by atoms with van der Waals surface area (Å²) in [6.07, 6.45) is 7.17. The van der Waals surface area contributed by atoms with Crippen LogP contribution in [0.15, 0.2) is 30.3 Å². The van der Waals surface area contributed by atoms with E-state index in [2.05, 4.69) is 31.3 Å². The highest BCUT2D eigenvalue weighted by molar-refractivity contribution is 5.76. The van der Waals surface area contributed by atoms with E-state index in [1.165, 1.54) is 37.7 Å². The van der Waals surface area contributed by atoms with Crippen molar-refractivity contribution in [2.75, 3.05) is 6.54 Å². The molecule has 0 saturated heterocycles. The van der Waals surface area contributed by atoms with Crippen molar-refractivity contribution < 1.29 is 4.79 Å². The Balaban J connectivity index is 1.79. The fraction of sp³-hybridized carbons (Fsp3) is 0.632. The molecule has 1 fully saturated rings. The van der Waals surface area contributed by atoms with Crippen LogP contribution in [0.3, 0.4) is 0 Å². The Hall–Kier alpha value is -1.35. The largest absolute Gasteiger partial charge is 0.336 e. The summed E-state index contributed by atoms with van der Waals surface area (Å²) < 4.78 is 0. The molecule has 2 rings (SSSR count). The van der Waals surface area contributed by atoms with Gasteiger partial charge >= 0.3 is 0 Å². The number of hydrogen-bond donors (Lipinski definition) is 1. The van der Waals surface area contributed by atoms with Gasteiger partial charge in [-0.05, 0) is 32.3 Å². The van der Waals surface area contributed by atoms with E-state index in [-0.39, 0.29) is 11.9 Å². The maximum absolute atomic E-state index is 12.5. The third-order valence-corrected chi connectivity index (χ3v) is 4.52. The summed E-state index contributed by atoms with van der Waals surface area (Å²) in [6, 6.07) is 11.1. The Morgan fingerprint density at radius 3 is 2.50 bits per heavy atom. The SMILES string of the molecule is CC(C)N(Cc1ccccc1)C(=O)CCNC1CCCCC1. The molecule has 1 aromatic rings. The van der Waals surface area contributed by atoms with Gasteiger partial charge in [-0.2, -0.15) is 0 Å². The Morgan fingerprint density at radius 2 is 1.86 bits per heavy atom. The first-order valence-electron chi connectivity index (χ1n) is 8.73. The van der Waals surface area contributed by atoms with Gasteiger partial charge in [0.1, 0.15) is 0 Å². The Bertz CT molecular complexity index is 438. The zero-order valence-electron chi connectivity index (χ0n) is 14.1. The number of nitrogens with zero attached hydrogens (tertiary/aromatic N) is 1. The Morgan fingerprint density at radius 1 is 1.18 bits per heavy atom. The van der Waals surface area contributed by atoms with Crippen molar-refractivity contribution in [1.82, 2.24) is 10.2 Å². The van der Waals surface area contributed by atoms with Crippen molar-refractivity contribution in [3.8, 4) is 0 Å². The molecule has 0 atom stereocenters. The summed E-state index contributed by atoms with van der Waals surface area (Å²) in [6.45, 7) is 5.70. The van der Waals surface area contributed by atoms with Crippen LogP contribution in [-0.4, -0.2) is 29.4 Å². The summed E-state index contributed by atoms with van der Waals surface area (Å²) in [7, 11) is 0. The zero-order chi connectivity index (χ0) is 15.8. The van der Waals surface area contributed by atoms with Gasteiger partial charge in [0.25, 0.3) is 0 Å². The third-order valence-electron chi connectivity index (χ3n) is 4.52. The summed E-state index contributed by atoms with van der Waals surface area (Å²) in [4.78, 5) is 14.5. The first-order chi connectivity index (χ1) is 10.7. The van der Waals surface area contributed by atoms with Gasteiger partial charge in [0, 0.05) is 31.6 Å². The minimum absolute atomic E-state index is 0.238. The van der Waals surface area contributed by atoms with Crippen molar-refractivity contribution in [2.24, 2.45) is 0 Å². The predicted octanol–water partition coefficient (Wildman–Crippen LogP) is 3.74. The van der Waals surface area contributed by atoms with Crippen molar-refractivity contribution in [1.29, 1.82) is 0 Å². The van der Waals surface area contributed by atoms with Gasteiger partial charge in [0.15, 0.2) is 0 Å². The van der Waals surface area contributed by atoms with Crippen LogP contribution in [0.4, 0.5) is 0 Å². The minimum Gasteiger partial charge on any atom is -0.336 e. The molecule has 22 heavy (non-hydrogen) atoms. The van der Waals surface area contributed by atoms with Gasteiger partial charge in [-0.3, -0.25) is 4.79 Å². The molecule has 0 radical (unpaired) electrons. The molecule has 1 aliphatic rings. The highest BCUT2D eigenvalue weighted by atomic mass is 16.2. The van der Waals surface area contributed by atoms with Gasteiger partial charge in [-0.25, -0.2) is 0 Å². The van der Waals surface area contributed by atoms with E-state index in [0.29, 0.717) is 19.0 Å². The third kappa shape index (κ3) is 5.45. The smallest absolute Gasteiger partial charge is 0.224 e. The number of amides is 1. The molecule has 0 bridgehead atoms. The van der Waals surface area contributed by atoms with Crippen LogP contribution in [-0.2, 0) is 11.3 Å². The first kappa shape index (κ1) is 17.0. The van der Waals surface area contributed by atoms with E-state index >= 15 is 0 Å². The molecule has 0 spiro atoms. The van der Waals surface area contributed by atoms with Crippen LogP contribution in [0.1, 0.15) is 57.9 Å². The fourth-order valence-electron chi connectivity index (χ4n) is 3.17. The standard InChI is InChI=1S/C19H30N2O/c1-16(2)21(15-17-9-5-3-6-10-17)19(22)13-14-20-18-11-7-4-8-12-18/h3,5-6,9-10,16,18,20H,4,7-8,11-15H2,1-2H3. The first-order valence-corrected chi connectivity index (χ1v) is 8.73. The second kappa shape index (κ2) is 8.94. The van der Waals surface area contributed by atoms with Crippen LogP contribution in [0.5, 0.6) is 0 Å². The predicted molar refractivity (Wildman–Crippen MR) is 91.6 cm³/mol. The molecule has 1 aliphatic carbocycles. The molecule has 3 nitrogen and oxygen atoms in total. The molecule has 1 N–H and O–H groups in total. The van der Waals surface area contributed by atoms with Crippen LogP contribution in [0.2, 0.25) is 0 Å². The normalized spacial score (nSPS) is 16.0. The lowest BCUT2D eigenvalue weighted by atomic mass is 9.95. The van der Waals surface area contributed by atoms with Crippen molar-refractivity contribution in [3.05, 3.63) is 35.9 Å². The average molecular weight is 302 g/mol. The zero-order valence-corrected chi connectivity index (χ0v) is 14.1. The monoisotopic (exact) mass is 302 g/mol. The molecule has 1 aromatic carbocycles. The molecular formula is C19H30N2O. The van der Waals surface area contributed by atoms with E-state index in [1.54, 1.807) is 0 Å². The lowest BCUT2D eigenvalue weighted by Crippen LogP contribution is -2.39. The van der Waals surface area contributed by atoms with Gasteiger partial charge in [-0.1, -0.05) is 49.6 Å². The summed E-state index contributed by atoms with van der Waals surface area (Å²) in [5.41, 5.74) is 1.20. The van der Waals surface area contributed by atoms with E-state index in [9.17, 15) is 4.79 Å². The Kier molecular flexibility index (Phi) is 6.91. The van der Waals surface area contributed by atoms with Gasteiger partial charge in [0.05, 0.1) is 0 Å². The number of hydrogen-bond acceptors (Lipinski definition) is 2. The van der Waals surface area contributed by atoms with E-state index in [4.69, 9.17) is 0 Å². The van der Waals surface area contributed by atoms with Crippen LogP contribution < -0.4 is 5.32 Å². The molecule has 0 aliphatic heterocycles. The van der Waals surface area contributed by atoms with Crippen molar-refractivity contribution in [3.63, 3.8) is 0 Å². The molecule has 0 aromatic heterocycles. The quantitative estimate of drug-likeness (QED) is 0.832. The van der Waals surface area contributed by atoms with Gasteiger partial charge < -0.3 is 10.2 Å². The Labute approximate surface area is 135 Å². The number of carbonyl (C=O) groups is 1.